The first-order valence-electron chi connectivity index (χ1n) is 6.57. The number of hydrogen-bond acceptors (Lipinski definition) is 3. The molecule has 0 bridgehead atoms. The summed E-state index contributed by atoms with van der Waals surface area (Å²) in [6.45, 7) is 1.80. The highest BCUT2D eigenvalue weighted by Crippen LogP contribution is 2.20. The van der Waals surface area contributed by atoms with Crippen LogP contribution >= 0.6 is 0 Å². The van der Waals surface area contributed by atoms with Crippen molar-refractivity contribution in [3.05, 3.63) is 59.7 Å². The number of rotatable bonds is 4. The van der Waals surface area contributed by atoms with Gasteiger partial charge < -0.3 is 16.4 Å². The highest BCUT2D eigenvalue weighted by atomic mass is 16.2. The minimum absolute atomic E-state index is 0.0639. The Morgan fingerprint density at radius 3 is 2.38 bits per heavy atom. The molecule has 0 heterocycles. The van der Waals surface area contributed by atoms with Crippen LogP contribution in [0.2, 0.25) is 0 Å². The van der Waals surface area contributed by atoms with E-state index >= 15 is 0 Å². The molecule has 0 unspecified atom stereocenters. The average molecular weight is 283 g/mol. The summed E-state index contributed by atoms with van der Waals surface area (Å²) in [5.41, 5.74) is 8.06. The van der Waals surface area contributed by atoms with Gasteiger partial charge in [-0.05, 0) is 42.8 Å². The lowest BCUT2D eigenvalue weighted by Gasteiger charge is -2.11. The second kappa shape index (κ2) is 6.67. The molecule has 0 spiro atoms. The summed E-state index contributed by atoms with van der Waals surface area (Å²) in [6, 6.07) is 14.2. The summed E-state index contributed by atoms with van der Waals surface area (Å²) >= 11 is 0. The maximum absolute atomic E-state index is 12.1. The molecule has 0 radical (unpaired) electrons. The van der Waals surface area contributed by atoms with Crippen LogP contribution in [-0.2, 0) is 4.79 Å². The van der Waals surface area contributed by atoms with Crippen molar-refractivity contribution >= 4 is 23.2 Å². The van der Waals surface area contributed by atoms with Crippen molar-refractivity contribution in [2.75, 3.05) is 17.2 Å². The number of hydrogen-bond donors (Lipinski definition) is 3. The first-order chi connectivity index (χ1) is 10.1. The fraction of sp³-hybridized carbons (Fsp3) is 0.125. The van der Waals surface area contributed by atoms with Gasteiger partial charge in [0.05, 0.1) is 6.54 Å². The summed E-state index contributed by atoms with van der Waals surface area (Å²) in [7, 11) is 0. The Bertz CT molecular complexity index is 654. The molecule has 4 N–H and O–H groups in total. The first kappa shape index (κ1) is 14.7. The van der Waals surface area contributed by atoms with Crippen LogP contribution in [0.15, 0.2) is 48.5 Å². The number of carbonyl (C=O) groups excluding carboxylic acids is 2. The smallest absolute Gasteiger partial charge is 0.255 e. The highest BCUT2D eigenvalue weighted by molar-refractivity contribution is 6.04. The molecule has 5 heteroatoms. The summed E-state index contributed by atoms with van der Waals surface area (Å²) < 4.78 is 0. The van der Waals surface area contributed by atoms with Gasteiger partial charge in [0.25, 0.3) is 5.91 Å². The lowest BCUT2D eigenvalue weighted by Crippen LogP contribution is -2.21. The zero-order valence-corrected chi connectivity index (χ0v) is 11.7. The standard InChI is InChI=1S/C16H17N3O2/c1-11-9-13(18-15(20)10-17)7-8-14(11)19-16(21)12-5-3-2-4-6-12/h2-9H,10,17H2,1H3,(H,18,20)(H,19,21). The van der Waals surface area contributed by atoms with E-state index < -0.39 is 0 Å². The van der Waals surface area contributed by atoms with Crippen molar-refractivity contribution in [1.82, 2.24) is 0 Å². The van der Waals surface area contributed by atoms with Crippen molar-refractivity contribution < 1.29 is 9.59 Å². The average Bonchev–Trinajstić information content (AvgIpc) is 2.50. The Morgan fingerprint density at radius 1 is 1.05 bits per heavy atom. The fourth-order valence-corrected chi connectivity index (χ4v) is 1.88. The molecule has 0 aliphatic heterocycles. The zero-order valence-electron chi connectivity index (χ0n) is 11.7. The molecule has 0 saturated carbocycles. The first-order valence-corrected chi connectivity index (χ1v) is 6.57. The Kier molecular flexibility index (Phi) is 4.68. The van der Waals surface area contributed by atoms with E-state index in [9.17, 15) is 9.59 Å². The molecule has 0 atom stereocenters. The van der Waals surface area contributed by atoms with Gasteiger partial charge in [-0.15, -0.1) is 0 Å². The lowest BCUT2D eigenvalue weighted by molar-refractivity contribution is -0.114. The summed E-state index contributed by atoms with van der Waals surface area (Å²) in [5, 5.41) is 5.51. The van der Waals surface area contributed by atoms with Gasteiger partial charge in [-0.1, -0.05) is 18.2 Å². The van der Waals surface area contributed by atoms with Gasteiger partial charge in [0.2, 0.25) is 5.91 Å². The summed E-state index contributed by atoms with van der Waals surface area (Å²) in [4.78, 5) is 23.3. The zero-order chi connectivity index (χ0) is 15.2. The molecule has 0 fully saturated rings. The lowest BCUT2D eigenvalue weighted by atomic mass is 10.1. The van der Waals surface area contributed by atoms with Gasteiger partial charge in [0.15, 0.2) is 0 Å². The molecular formula is C16H17N3O2. The summed E-state index contributed by atoms with van der Waals surface area (Å²) in [6.07, 6.45) is 0. The Balaban J connectivity index is 2.11. The highest BCUT2D eigenvalue weighted by Gasteiger charge is 2.08. The van der Waals surface area contributed by atoms with Crippen molar-refractivity contribution in [3.8, 4) is 0 Å². The molecule has 2 rings (SSSR count). The van der Waals surface area contributed by atoms with Gasteiger partial charge >= 0.3 is 0 Å². The van der Waals surface area contributed by atoms with Crippen LogP contribution in [0, 0.1) is 6.92 Å². The number of aryl methyl sites for hydroxylation is 1. The minimum Gasteiger partial charge on any atom is -0.325 e. The van der Waals surface area contributed by atoms with Crippen LogP contribution in [0.25, 0.3) is 0 Å². The molecule has 0 saturated heterocycles. The third-order valence-corrected chi connectivity index (χ3v) is 2.98. The van der Waals surface area contributed by atoms with E-state index in [1.165, 1.54) is 0 Å². The number of anilines is 2. The van der Waals surface area contributed by atoms with Gasteiger partial charge in [0.1, 0.15) is 0 Å². The molecule has 21 heavy (non-hydrogen) atoms. The molecule has 108 valence electrons. The van der Waals surface area contributed by atoms with Crippen LogP contribution in [-0.4, -0.2) is 18.4 Å². The van der Waals surface area contributed by atoms with E-state index in [4.69, 9.17) is 5.73 Å². The fourth-order valence-electron chi connectivity index (χ4n) is 1.88. The normalized spacial score (nSPS) is 10.0. The van der Waals surface area contributed by atoms with E-state index in [1.54, 1.807) is 30.3 Å². The number of nitrogens with two attached hydrogens (primary N) is 1. The van der Waals surface area contributed by atoms with Crippen molar-refractivity contribution in [3.63, 3.8) is 0 Å². The molecule has 2 aromatic carbocycles. The topological polar surface area (TPSA) is 84.2 Å². The Hall–Kier alpha value is -2.66. The predicted octanol–water partition coefficient (Wildman–Crippen LogP) is 2.14. The number of benzene rings is 2. The third kappa shape index (κ3) is 3.90. The second-order valence-electron chi connectivity index (χ2n) is 4.60. The van der Waals surface area contributed by atoms with Crippen LogP contribution < -0.4 is 16.4 Å². The van der Waals surface area contributed by atoms with Crippen molar-refractivity contribution in [2.45, 2.75) is 6.92 Å². The molecule has 2 aromatic rings. The molecule has 0 aromatic heterocycles. The largest absolute Gasteiger partial charge is 0.325 e. The van der Waals surface area contributed by atoms with E-state index in [-0.39, 0.29) is 18.4 Å². The van der Waals surface area contributed by atoms with Crippen LogP contribution in [0.1, 0.15) is 15.9 Å². The van der Waals surface area contributed by atoms with Gasteiger partial charge in [-0.3, -0.25) is 9.59 Å². The quantitative estimate of drug-likeness (QED) is 0.803. The van der Waals surface area contributed by atoms with Gasteiger partial charge in [0, 0.05) is 16.9 Å². The molecule has 0 aliphatic rings. The maximum Gasteiger partial charge on any atom is 0.255 e. The van der Waals surface area contributed by atoms with Crippen LogP contribution in [0.5, 0.6) is 0 Å². The van der Waals surface area contributed by atoms with Crippen LogP contribution in [0.4, 0.5) is 11.4 Å². The predicted molar refractivity (Wildman–Crippen MR) is 83.3 cm³/mol. The van der Waals surface area contributed by atoms with Crippen LogP contribution in [0.3, 0.4) is 0 Å². The second-order valence-corrected chi connectivity index (χ2v) is 4.60. The molecule has 0 aliphatic carbocycles. The van der Waals surface area contributed by atoms with Crippen molar-refractivity contribution in [2.24, 2.45) is 5.73 Å². The third-order valence-electron chi connectivity index (χ3n) is 2.98. The van der Waals surface area contributed by atoms with E-state index in [1.807, 2.05) is 25.1 Å². The van der Waals surface area contributed by atoms with Gasteiger partial charge in [-0.25, -0.2) is 0 Å². The molecule has 2 amide bonds. The van der Waals surface area contributed by atoms with Crippen molar-refractivity contribution in [1.29, 1.82) is 0 Å². The van der Waals surface area contributed by atoms with E-state index in [0.29, 0.717) is 16.9 Å². The number of carbonyl (C=O) groups is 2. The maximum atomic E-state index is 12.1. The Morgan fingerprint density at radius 2 is 1.76 bits per heavy atom. The molecular weight excluding hydrogens is 266 g/mol. The Labute approximate surface area is 123 Å². The SMILES string of the molecule is Cc1cc(NC(=O)CN)ccc1NC(=O)c1ccccc1. The molecule has 5 nitrogen and oxygen atoms in total. The number of nitrogens with one attached hydrogen (secondary N) is 2. The monoisotopic (exact) mass is 283 g/mol. The minimum atomic E-state index is -0.254. The van der Waals surface area contributed by atoms with Gasteiger partial charge in [-0.2, -0.15) is 0 Å². The van der Waals surface area contributed by atoms with E-state index in [2.05, 4.69) is 10.6 Å². The van der Waals surface area contributed by atoms with E-state index in [0.717, 1.165) is 5.56 Å². The summed E-state index contributed by atoms with van der Waals surface area (Å²) in [5.74, 6) is -0.423. The number of amides is 2.